The van der Waals surface area contributed by atoms with Gasteiger partial charge in [-0.05, 0) is 55.7 Å². The molecule has 20 heavy (non-hydrogen) atoms. The summed E-state index contributed by atoms with van der Waals surface area (Å²) in [5.74, 6) is 2.22. The molecule has 0 unspecified atom stereocenters. The average Bonchev–Trinajstić information content (AvgIpc) is 3.32. The number of ether oxygens (including phenoxy) is 1. The lowest BCUT2D eigenvalue weighted by Gasteiger charge is -2.23. The van der Waals surface area contributed by atoms with E-state index >= 15 is 0 Å². The van der Waals surface area contributed by atoms with Crippen LogP contribution in [0.4, 0.5) is 0 Å². The number of benzene rings is 1. The Bertz CT molecular complexity index is 495. The Morgan fingerprint density at radius 2 is 1.85 bits per heavy atom. The molecule has 0 spiro atoms. The predicted molar refractivity (Wildman–Crippen MR) is 82.0 cm³/mol. The molecule has 2 saturated carbocycles. The highest BCUT2D eigenvalue weighted by Crippen LogP contribution is 2.35. The minimum Gasteiger partial charge on any atom is -0.496 e. The third-order valence-electron chi connectivity index (χ3n) is 4.03. The highest BCUT2D eigenvalue weighted by atomic mass is 79.9. The van der Waals surface area contributed by atoms with Crippen molar-refractivity contribution < 1.29 is 9.53 Å². The summed E-state index contributed by atoms with van der Waals surface area (Å²) < 4.78 is 6.29. The summed E-state index contributed by atoms with van der Waals surface area (Å²) >= 11 is 3.42. The van der Waals surface area contributed by atoms with Crippen molar-refractivity contribution in [1.29, 1.82) is 0 Å². The third kappa shape index (κ3) is 3.35. The number of amides is 1. The SMILES string of the molecule is COc1cc(Br)ccc1C(=O)N(CC1CC1)CC1CC1. The molecule has 1 aromatic carbocycles. The summed E-state index contributed by atoms with van der Waals surface area (Å²) in [6, 6.07) is 5.62. The number of halogens is 1. The van der Waals surface area contributed by atoms with Crippen molar-refractivity contribution in [2.24, 2.45) is 11.8 Å². The van der Waals surface area contributed by atoms with E-state index in [1.54, 1.807) is 7.11 Å². The van der Waals surface area contributed by atoms with E-state index in [9.17, 15) is 4.79 Å². The Morgan fingerprint density at radius 3 is 2.35 bits per heavy atom. The zero-order valence-corrected chi connectivity index (χ0v) is 13.4. The van der Waals surface area contributed by atoms with Gasteiger partial charge in [0.2, 0.25) is 0 Å². The smallest absolute Gasteiger partial charge is 0.257 e. The van der Waals surface area contributed by atoms with E-state index in [-0.39, 0.29) is 5.91 Å². The van der Waals surface area contributed by atoms with Crippen molar-refractivity contribution >= 4 is 21.8 Å². The molecule has 108 valence electrons. The second-order valence-corrected chi connectivity index (χ2v) is 6.86. The highest BCUT2D eigenvalue weighted by Gasteiger charge is 2.32. The first-order valence-corrected chi connectivity index (χ1v) is 8.09. The van der Waals surface area contributed by atoms with Crippen LogP contribution in [0.3, 0.4) is 0 Å². The molecule has 3 nitrogen and oxygen atoms in total. The Labute approximate surface area is 128 Å². The van der Waals surface area contributed by atoms with Gasteiger partial charge in [0.1, 0.15) is 5.75 Å². The van der Waals surface area contributed by atoms with Gasteiger partial charge in [-0.2, -0.15) is 0 Å². The Kier molecular flexibility index (Phi) is 4.01. The minimum absolute atomic E-state index is 0.119. The van der Waals surface area contributed by atoms with Crippen LogP contribution in [0, 0.1) is 11.8 Å². The summed E-state index contributed by atoms with van der Waals surface area (Å²) in [4.78, 5) is 14.8. The zero-order chi connectivity index (χ0) is 14.1. The molecule has 2 aliphatic rings. The van der Waals surface area contributed by atoms with Crippen LogP contribution >= 0.6 is 15.9 Å². The number of carbonyl (C=O) groups is 1. The van der Waals surface area contributed by atoms with Gasteiger partial charge in [-0.1, -0.05) is 15.9 Å². The van der Waals surface area contributed by atoms with Gasteiger partial charge in [-0.3, -0.25) is 4.79 Å². The molecule has 0 N–H and O–H groups in total. The standard InChI is InChI=1S/C16H20BrNO2/c1-20-15-8-13(17)6-7-14(15)16(19)18(9-11-2-3-11)10-12-4-5-12/h6-8,11-12H,2-5,9-10H2,1H3. The van der Waals surface area contributed by atoms with E-state index in [0.717, 1.165) is 29.4 Å². The van der Waals surface area contributed by atoms with Crippen molar-refractivity contribution in [2.75, 3.05) is 20.2 Å². The topological polar surface area (TPSA) is 29.5 Å². The van der Waals surface area contributed by atoms with E-state index in [4.69, 9.17) is 4.74 Å². The fraction of sp³-hybridized carbons (Fsp3) is 0.562. The van der Waals surface area contributed by atoms with Crippen molar-refractivity contribution in [3.05, 3.63) is 28.2 Å². The van der Waals surface area contributed by atoms with Gasteiger partial charge < -0.3 is 9.64 Å². The molecule has 0 aliphatic heterocycles. The van der Waals surface area contributed by atoms with Crippen LogP contribution in [0.15, 0.2) is 22.7 Å². The van der Waals surface area contributed by atoms with Crippen molar-refractivity contribution in [3.63, 3.8) is 0 Å². The molecule has 0 atom stereocenters. The molecule has 4 heteroatoms. The number of rotatable bonds is 6. The number of hydrogen-bond donors (Lipinski definition) is 0. The van der Waals surface area contributed by atoms with Crippen molar-refractivity contribution in [3.8, 4) is 5.75 Å². The van der Waals surface area contributed by atoms with Gasteiger partial charge in [0.25, 0.3) is 5.91 Å². The molecular formula is C16H20BrNO2. The van der Waals surface area contributed by atoms with Gasteiger partial charge in [-0.15, -0.1) is 0 Å². The van der Waals surface area contributed by atoms with Crippen LogP contribution in [0.2, 0.25) is 0 Å². The molecule has 2 fully saturated rings. The van der Waals surface area contributed by atoms with Crippen molar-refractivity contribution in [2.45, 2.75) is 25.7 Å². The first-order chi connectivity index (χ1) is 9.67. The molecule has 0 saturated heterocycles. The van der Waals surface area contributed by atoms with Crippen LogP contribution in [0.1, 0.15) is 36.0 Å². The van der Waals surface area contributed by atoms with Crippen LogP contribution in [-0.4, -0.2) is 31.0 Å². The van der Waals surface area contributed by atoms with E-state index in [2.05, 4.69) is 15.9 Å². The normalized spacial score (nSPS) is 17.9. The number of carbonyl (C=O) groups excluding carboxylic acids is 1. The maximum Gasteiger partial charge on any atom is 0.257 e. The molecule has 1 aromatic rings. The minimum atomic E-state index is 0.119. The van der Waals surface area contributed by atoms with E-state index in [1.165, 1.54) is 25.7 Å². The maximum atomic E-state index is 12.8. The van der Waals surface area contributed by atoms with E-state index in [1.807, 2.05) is 23.1 Å². The van der Waals surface area contributed by atoms with Crippen LogP contribution in [-0.2, 0) is 0 Å². The fourth-order valence-corrected chi connectivity index (χ4v) is 2.82. The largest absolute Gasteiger partial charge is 0.496 e. The Balaban J connectivity index is 1.79. The monoisotopic (exact) mass is 337 g/mol. The number of nitrogens with zero attached hydrogens (tertiary/aromatic N) is 1. The van der Waals surface area contributed by atoms with Gasteiger partial charge in [0, 0.05) is 17.6 Å². The first-order valence-electron chi connectivity index (χ1n) is 7.30. The molecule has 0 aromatic heterocycles. The van der Waals surface area contributed by atoms with Gasteiger partial charge in [0.15, 0.2) is 0 Å². The van der Waals surface area contributed by atoms with Crippen LogP contribution in [0.25, 0.3) is 0 Å². The molecule has 0 heterocycles. The van der Waals surface area contributed by atoms with Gasteiger partial charge >= 0.3 is 0 Å². The Morgan fingerprint density at radius 1 is 1.25 bits per heavy atom. The predicted octanol–water partition coefficient (Wildman–Crippen LogP) is 3.72. The van der Waals surface area contributed by atoms with E-state index in [0.29, 0.717) is 11.3 Å². The quantitative estimate of drug-likeness (QED) is 0.791. The zero-order valence-electron chi connectivity index (χ0n) is 11.8. The molecule has 3 rings (SSSR count). The van der Waals surface area contributed by atoms with Crippen molar-refractivity contribution in [1.82, 2.24) is 4.90 Å². The third-order valence-corrected chi connectivity index (χ3v) is 4.53. The lowest BCUT2D eigenvalue weighted by molar-refractivity contribution is 0.0736. The van der Waals surface area contributed by atoms with E-state index < -0.39 is 0 Å². The summed E-state index contributed by atoms with van der Waals surface area (Å²) in [6.07, 6.45) is 5.08. The lowest BCUT2D eigenvalue weighted by atomic mass is 10.1. The summed E-state index contributed by atoms with van der Waals surface area (Å²) in [5.41, 5.74) is 0.678. The summed E-state index contributed by atoms with van der Waals surface area (Å²) in [7, 11) is 1.62. The second kappa shape index (κ2) is 5.76. The van der Waals surface area contributed by atoms with Gasteiger partial charge in [0.05, 0.1) is 12.7 Å². The molecule has 0 radical (unpaired) electrons. The van der Waals surface area contributed by atoms with Crippen LogP contribution in [0.5, 0.6) is 5.75 Å². The Hall–Kier alpha value is -1.03. The maximum absolute atomic E-state index is 12.8. The highest BCUT2D eigenvalue weighted by molar-refractivity contribution is 9.10. The van der Waals surface area contributed by atoms with Crippen LogP contribution < -0.4 is 4.74 Å². The number of methoxy groups -OCH3 is 1. The molecule has 2 aliphatic carbocycles. The summed E-state index contributed by atoms with van der Waals surface area (Å²) in [6.45, 7) is 1.82. The molecule has 1 amide bonds. The average molecular weight is 338 g/mol. The second-order valence-electron chi connectivity index (χ2n) is 5.94. The fourth-order valence-electron chi connectivity index (χ4n) is 2.48. The first kappa shape index (κ1) is 13.9. The molecule has 0 bridgehead atoms. The molecular weight excluding hydrogens is 318 g/mol. The lowest BCUT2D eigenvalue weighted by Crippen LogP contribution is -2.35. The number of hydrogen-bond acceptors (Lipinski definition) is 2. The summed E-state index contributed by atoms with van der Waals surface area (Å²) in [5, 5.41) is 0. The van der Waals surface area contributed by atoms with Gasteiger partial charge in [-0.25, -0.2) is 0 Å².